The maximum atomic E-state index is 13.2. The lowest BCUT2D eigenvalue weighted by molar-refractivity contribution is 0.102. The fourth-order valence-corrected chi connectivity index (χ4v) is 3.07. The maximum absolute atomic E-state index is 13.2. The van der Waals surface area contributed by atoms with E-state index in [9.17, 15) is 9.18 Å². The number of aromatic nitrogens is 3. The Balaban J connectivity index is 1.48. The molecule has 0 saturated carbocycles. The van der Waals surface area contributed by atoms with Gasteiger partial charge in [0.2, 0.25) is 0 Å². The summed E-state index contributed by atoms with van der Waals surface area (Å²) in [6.07, 6.45) is 1.57. The SMILES string of the molecule is COc1ccc(Cn2cc(C(=O)Nc3cc(-c4ccc(F)cc4)ccc3N)nn2)cc1. The Hall–Kier alpha value is -4.20. The van der Waals surface area contributed by atoms with Crippen LogP contribution >= 0.6 is 0 Å². The summed E-state index contributed by atoms with van der Waals surface area (Å²) >= 11 is 0. The monoisotopic (exact) mass is 417 g/mol. The van der Waals surface area contributed by atoms with E-state index in [4.69, 9.17) is 10.5 Å². The molecule has 4 aromatic rings. The molecule has 1 aromatic heterocycles. The van der Waals surface area contributed by atoms with Crippen LogP contribution in [-0.2, 0) is 6.54 Å². The van der Waals surface area contributed by atoms with Crippen LogP contribution in [-0.4, -0.2) is 28.0 Å². The van der Waals surface area contributed by atoms with Gasteiger partial charge >= 0.3 is 0 Å². The molecule has 31 heavy (non-hydrogen) atoms. The lowest BCUT2D eigenvalue weighted by Crippen LogP contribution is -2.13. The summed E-state index contributed by atoms with van der Waals surface area (Å²) in [5.74, 6) is 0.0252. The van der Waals surface area contributed by atoms with Crippen molar-refractivity contribution >= 4 is 17.3 Å². The number of carbonyl (C=O) groups is 1. The molecule has 4 rings (SSSR count). The van der Waals surface area contributed by atoms with Gasteiger partial charge in [0.1, 0.15) is 11.6 Å². The standard InChI is InChI=1S/C23H20FN5O2/c1-31-19-9-2-15(3-10-19)13-29-14-22(27-28-29)23(30)26-21-12-17(6-11-20(21)25)16-4-7-18(24)8-5-16/h2-12,14H,13,25H2,1H3,(H,26,30). The Kier molecular flexibility index (Phi) is 5.61. The van der Waals surface area contributed by atoms with Crippen LogP contribution in [0.1, 0.15) is 16.1 Å². The second kappa shape index (κ2) is 8.66. The molecule has 0 radical (unpaired) electrons. The number of anilines is 2. The first kappa shape index (κ1) is 20.1. The summed E-state index contributed by atoms with van der Waals surface area (Å²) in [6, 6.07) is 18.9. The van der Waals surface area contributed by atoms with Crippen molar-refractivity contribution < 1.29 is 13.9 Å². The highest BCUT2D eigenvalue weighted by molar-refractivity contribution is 6.04. The summed E-state index contributed by atoms with van der Waals surface area (Å²) in [5, 5.41) is 10.7. The van der Waals surface area contributed by atoms with E-state index in [1.807, 2.05) is 30.3 Å². The number of hydrogen-bond acceptors (Lipinski definition) is 5. The molecule has 0 saturated heterocycles. The number of amides is 1. The minimum Gasteiger partial charge on any atom is -0.497 e. The van der Waals surface area contributed by atoms with Crippen LogP contribution in [0.25, 0.3) is 11.1 Å². The second-order valence-electron chi connectivity index (χ2n) is 6.91. The number of methoxy groups -OCH3 is 1. The zero-order valence-corrected chi connectivity index (χ0v) is 16.7. The van der Waals surface area contributed by atoms with Crippen LogP contribution in [0.3, 0.4) is 0 Å². The summed E-state index contributed by atoms with van der Waals surface area (Å²) in [4.78, 5) is 12.7. The summed E-state index contributed by atoms with van der Waals surface area (Å²) in [7, 11) is 1.61. The molecule has 3 aromatic carbocycles. The van der Waals surface area contributed by atoms with E-state index in [0.29, 0.717) is 17.9 Å². The van der Waals surface area contributed by atoms with Crippen LogP contribution < -0.4 is 15.8 Å². The first-order chi connectivity index (χ1) is 15.0. The fourth-order valence-electron chi connectivity index (χ4n) is 3.07. The van der Waals surface area contributed by atoms with Crippen molar-refractivity contribution in [1.29, 1.82) is 0 Å². The zero-order valence-electron chi connectivity index (χ0n) is 16.7. The lowest BCUT2D eigenvalue weighted by atomic mass is 10.0. The molecule has 0 spiro atoms. The number of ether oxygens (including phenoxy) is 1. The number of rotatable bonds is 6. The van der Waals surface area contributed by atoms with Crippen LogP contribution in [0.2, 0.25) is 0 Å². The van der Waals surface area contributed by atoms with Gasteiger partial charge in [0.15, 0.2) is 5.69 Å². The first-order valence-corrected chi connectivity index (χ1v) is 9.52. The van der Waals surface area contributed by atoms with Gasteiger partial charge in [0, 0.05) is 0 Å². The molecule has 156 valence electrons. The number of halogens is 1. The largest absolute Gasteiger partial charge is 0.497 e. The Morgan fingerprint density at radius 2 is 1.77 bits per heavy atom. The number of nitrogen functional groups attached to an aromatic ring is 1. The van der Waals surface area contributed by atoms with Gasteiger partial charge in [-0.2, -0.15) is 0 Å². The fraction of sp³-hybridized carbons (Fsp3) is 0.0870. The number of nitrogens with zero attached hydrogens (tertiary/aromatic N) is 3. The van der Waals surface area contributed by atoms with Gasteiger partial charge in [0.25, 0.3) is 5.91 Å². The van der Waals surface area contributed by atoms with E-state index in [1.54, 1.807) is 42.3 Å². The molecule has 3 N–H and O–H groups in total. The molecule has 0 fully saturated rings. The van der Waals surface area contributed by atoms with Gasteiger partial charge in [-0.3, -0.25) is 4.79 Å². The summed E-state index contributed by atoms with van der Waals surface area (Å²) < 4.78 is 19.9. The molecular weight excluding hydrogens is 397 g/mol. The van der Waals surface area contributed by atoms with Gasteiger partial charge in [0.05, 0.1) is 31.2 Å². The van der Waals surface area contributed by atoms with E-state index in [0.717, 1.165) is 22.4 Å². The van der Waals surface area contributed by atoms with Crippen molar-refractivity contribution in [2.75, 3.05) is 18.2 Å². The molecule has 0 aliphatic rings. The van der Waals surface area contributed by atoms with Gasteiger partial charge in [-0.05, 0) is 53.1 Å². The average Bonchev–Trinajstić information content (AvgIpc) is 3.25. The third kappa shape index (κ3) is 4.69. The van der Waals surface area contributed by atoms with Crippen molar-refractivity contribution in [2.24, 2.45) is 0 Å². The first-order valence-electron chi connectivity index (χ1n) is 9.52. The van der Waals surface area contributed by atoms with E-state index >= 15 is 0 Å². The van der Waals surface area contributed by atoms with Crippen LogP contribution in [0, 0.1) is 5.82 Å². The minimum absolute atomic E-state index is 0.167. The molecule has 0 aliphatic heterocycles. The highest BCUT2D eigenvalue weighted by Gasteiger charge is 2.14. The van der Waals surface area contributed by atoms with Crippen molar-refractivity contribution in [2.45, 2.75) is 6.54 Å². The lowest BCUT2D eigenvalue weighted by Gasteiger charge is -2.10. The minimum atomic E-state index is -0.427. The van der Waals surface area contributed by atoms with Gasteiger partial charge in [-0.1, -0.05) is 35.5 Å². The molecule has 0 atom stereocenters. The van der Waals surface area contributed by atoms with Crippen molar-refractivity contribution in [1.82, 2.24) is 15.0 Å². The number of nitrogens with one attached hydrogen (secondary N) is 1. The second-order valence-corrected chi connectivity index (χ2v) is 6.91. The van der Waals surface area contributed by atoms with E-state index < -0.39 is 5.91 Å². The molecule has 1 amide bonds. The molecule has 0 bridgehead atoms. The molecule has 7 nitrogen and oxygen atoms in total. The maximum Gasteiger partial charge on any atom is 0.277 e. The Morgan fingerprint density at radius 3 is 2.48 bits per heavy atom. The van der Waals surface area contributed by atoms with Crippen LogP contribution in [0.4, 0.5) is 15.8 Å². The van der Waals surface area contributed by atoms with E-state index in [2.05, 4.69) is 15.6 Å². The molecule has 0 aliphatic carbocycles. The van der Waals surface area contributed by atoms with E-state index in [1.165, 1.54) is 12.1 Å². The van der Waals surface area contributed by atoms with Gasteiger partial charge < -0.3 is 15.8 Å². The van der Waals surface area contributed by atoms with Gasteiger partial charge in [-0.15, -0.1) is 5.10 Å². The third-order valence-corrected chi connectivity index (χ3v) is 4.75. The van der Waals surface area contributed by atoms with Crippen LogP contribution in [0.5, 0.6) is 5.75 Å². The smallest absolute Gasteiger partial charge is 0.277 e. The number of benzene rings is 3. The molecule has 8 heteroatoms. The highest BCUT2D eigenvalue weighted by Crippen LogP contribution is 2.27. The van der Waals surface area contributed by atoms with Crippen molar-refractivity contribution in [3.05, 3.63) is 90.0 Å². The highest BCUT2D eigenvalue weighted by atomic mass is 19.1. The Bertz CT molecular complexity index is 1200. The van der Waals surface area contributed by atoms with Crippen molar-refractivity contribution in [3.63, 3.8) is 0 Å². The summed E-state index contributed by atoms with van der Waals surface area (Å²) in [5.41, 5.74) is 9.64. The topological polar surface area (TPSA) is 95.1 Å². The third-order valence-electron chi connectivity index (χ3n) is 4.75. The predicted octanol–water partition coefficient (Wildman–Crippen LogP) is 3.98. The summed E-state index contributed by atoms with van der Waals surface area (Å²) in [6.45, 7) is 0.465. The van der Waals surface area contributed by atoms with Crippen molar-refractivity contribution in [3.8, 4) is 16.9 Å². The predicted molar refractivity (Wildman–Crippen MR) is 116 cm³/mol. The number of hydrogen-bond donors (Lipinski definition) is 2. The average molecular weight is 417 g/mol. The quantitative estimate of drug-likeness (QED) is 0.463. The zero-order chi connectivity index (χ0) is 21.8. The molecular formula is C23H20FN5O2. The van der Waals surface area contributed by atoms with Crippen LogP contribution in [0.15, 0.2) is 72.9 Å². The normalized spacial score (nSPS) is 10.6. The van der Waals surface area contributed by atoms with E-state index in [-0.39, 0.29) is 11.5 Å². The van der Waals surface area contributed by atoms with Gasteiger partial charge in [-0.25, -0.2) is 9.07 Å². The molecule has 0 unspecified atom stereocenters. The number of carbonyl (C=O) groups excluding carboxylic acids is 1. The number of nitrogens with two attached hydrogens (primary N) is 1. The Morgan fingerprint density at radius 1 is 1.06 bits per heavy atom. The Labute approximate surface area is 178 Å². The molecule has 1 heterocycles.